The van der Waals surface area contributed by atoms with Gasteiger partial charge < -0.3 is 14.4 Å². The summed E-state index contributed by atoms with van der Waals surface area (Å²) in [7, 11) is -2.87. The van der Waals surface area contributed by atoms with Gasteiger partial charge in [0.1, 0.15) is 0 Å². The molecule has 5 heavy (non-hydrogen) atoms. The largest absolute Gasteiger partial charge is 1.00 e. The molecule has 0 aliphatic rings. The Kier molecular flexibility index (Phi) is 9.76. The van der Waals surface area contributed by atoms with Gasteiger partial charge in [-0.3, -0.25) is 0 Å². The van der Waals surface area contributed by atoms with Crippen LogP contribution in [0.2, 0.25) is 0 Å². The minimum Gasteiger partial charge on any atom is -0.485 e. The Morgan fingerprint density at radius 2 is 1.40 bits per heavy atom. The maximum atomic E-state index is 8.70. The Morgan fingerprint density at radius 3 is 1.40 bits per heavy atom. The van der Waals surface area contributed by atoms with Gasteiger partial charge in [0.2, 0.25) is 0 Å². The number of hydrogen-bond acceptors (Lipinski definition) is 1. The molecule has 26 valence electrons. The molecular formula is H2NaO3P. The molecule has 5 heteroatoms. The Balaban J connectivity index is 0. The van der Waals surface area contributed by atoms with Crippen molar-refractivity contribution in [1.29, 1.82) is 0 Å². The Morgan fingerprint density at radius 1 is 1.40 bits per heavy atom. The van der Waals surface area contributed by atoms with Crippen molar-refractivity contribution in [2.24, 2.45) is 0 Å². The van der Waals surface area contributed by atoms with Gasteiger partial charge in [-0.1, -0.05) is 0 Å². The summed E-state index contributed by atoms with van der Waals surface area (Å²) < 4.78 is 8.70. The van der Waals surface area contributed by atoms with Crippen LogP contribution in [0.3, 0.4) is 0 Å². The first-order chi connectivity index (χ1) is 1.73. The molecular weight excluding hydrogens is 102 g/mol. The van der Waals surface area contributed by atoms with Crippen LogP contribution in [0.1, 0.15) is 0 Å². The van der Waals surface area contributed by atoms with E-state index < -0.39 is 8.25 Å². The zero-order valence-electron chi connectivity index (χ0n) is 2.75. The molecule has 0 saturated heterocycles. The van der Waals surface area contributed by atoms with E-state index in [4.69, 9.17) is 14.4 Å². The fraction of sp³-hybridized carbons (Fsp3) is 0. The summed E-state index contributed by atoms with van der Waals surface area (Å²) in [6.45, 7) is 0. The maximum Gasteiger partial charge on any atom is 1.00 e. The van der Waals surface area contributed by atoms with Crippen molar-refractivity contribution >= 4 is 8.25 Å². The Hall–Kier alpha value is 1.15. The van der Waals surface area contributed by atoms with Gasteiger partial charge in [-0.25, -0.2) is 0 Å². The average molecular weight is 104 g/mol. The van der Waals surface area contributed by atoms with E-state index in [2.05, 4.69) is 0 Å². The molecule has 0 aromatic heterocycles. The third-order valence-corrected chi connectivity index (χ3v) is 0. The average Bonchev–Trinajstić information content (AvgIpc) is 0.811. The van der Waals surface area contributed by atoms with Crippen LogP contribution in [-0.2, 0) is 4.57 Å². The molecule has 0 unspecified atom stereocenters. The fourth-order valence-electron chi connectivity index (χ4n) is 0. The van der Waals surface area contributed by atoms with E-state index in [9.17, 15) is 0 Å². The summed E-state index contributed by atoms with van der Waals surface area (Å²) in [6.07, 6.45) is 0. The molecule has 3 nitrogen and oxygen atoms in total. The van der Waals surface area contributed by atoms with Crippen LogP contribution >= 0.6 is 8.25 Å². The quantitative estimate of drug-likeness (QED) is 0.249. The Bertz CT molecular complexity index is 29.9. The first-order valence-electron chi connectivity index (χ1n) is 0.583. The topological polar surface area (TPSA) is 57.5 Å². The van der Waals surface area contributed by atoms with Crippen molar-refractivity contribution in [2.45, 2.75) is 0 Å². The molecule has 0 saturated carbocycles. The second kappa shape index (κ2) is 5.15. The molecule has 0 bridgehead atoms. The molecule has 0 aromatic rings. The zero-order valence-corrected chi connectivity index (χ0v) is 5.64. The summed E-state index contributed by atoms with van der Waals surface area (Å²) in [5, 5.41) is 0. The van der Waals surface area contributed by atoms with Crippen molar-refractivity contribution in [2.75, 3.05) is 0 Å². The molecule has 0 radical (unpaired) electrons. The summed E-state index contributed by atoms with van der Waals surface area (Å²) in [6, 6.07) is 0. The van der Waals surface area contributed by atoms with E-state index in [0.29, 0.717) is 0 Å². The molecule has 0 aliphatic carbocycles. The standard InChI is InChI=1S/Na.H2O3P/c;1-4(2)3/h;(H2,1,2,3)/q+1;-1. The second-order valence-corrected chi connectivity index (χ2v) is 0.758. The van der Waals surface area contributed by atoms with Crippen molar-refractivity contribution < 1.29 is 43.9 Å². The number of hydrogen-bond donors (Lipinski definition) is 2. The normalized spacial score (nSPS) is 7.00. The van der Waals surface area contributed by atoms with E-state index >= 15 is 0 Å². The van der Waals surface area contributed by atoms with Crippen LogP contribution in [0.25, 0.3) is 0 Å². The fourth-order valence-corrected chi connectivity index (χ4v) is 0. The van der Waals surface area contributed by atoms with Gasteiger partial charge in [-0.05, 0) is 0 Å². The van der Waals surface area contributed by atoms with Gasteiger partial charge in [0.25, 0.3) is 0 Å². The first kappa shape index (κ1) is 9.47. The second-order valence-electron chi connectivity index (χ2n) is 0.253. The van der Waals surface area contributed by atoms with E-state index in [0.717, 1.165) is 0 Å². The van der Waals surface area contributed by atoms with Crippen LogP contribution in [0.4, 0.5) is 0 Å². The van der Waals surface area contributed by atoms with Gasteiger partial charge in [-0.2, -0.15) is 0 Å². The zero-order chi connectivity index (χ0) is 3.58. The van der Waals surface area contributed by atoms with Gasteiger partial charge in [-0.15, -0.1) is 0 Å². The third kappa shape index (κ3) is 38.6. The van der Waals surface area contributed by atoms with Crippen molar-refractivity contribution in [3.63, 3.8) is 0 Å². The molecule has 0 spiro atoms. The van der Waals surface area contributed by atoms with E-state index in [1.165, 1.54) is 0 Å². The van der Waals surface area contributed by atoms with Crippen molar-refractivity contribution in [1.82, 2.24) is 0 Å². The van der Waals surface area contributed by atoms with Crippen LogP contribution in [-0.4, -0.2) is 9.79 Å². The van der Waals surface area contributed by atoms with Gasteiger partial charge in [0.15, 0.2) is 0 Å². The molecule has 0 aromatic carbocycles. The summed E-state index contributed by atoms with van der Waals surface area (Å²) in [5.74, 6) is 0. The van der Waals surface area contributed by atoms with Crippen molar-refractivity contribution in [3.05, 3.63) is 0 Å². The minimum absolute atomic E-state index is 0. The summed E-state index contributed by atoms with van der Waals surface area (Å²) in [5.41, 5.74) is 0. The van der Waals surface area contributed by atoms with Crippen LogP contribution in [0, 0.1) is 0 Å². The molecule has 0 rings (SSSR count). The minimum atomic E-state index is -2.87. The molecule has 2 N–H and O–H groups in total. The molecule has 0 atom stereocenters. The SMILES string of the molecule is O=[P-](O)O.[Na+]. The van der Waals surface area contributed by atoms with E-state index in [1.807, 2.05) is 0 Å². The van der Waals surface area contributed by atoms with Gasteiger partial charge in [0, 0.05) is 0 Å². The predicted molar refractivity (Wildman–Crippen MR) is 12.0 cm³/mol. The molecule has 0 fully saturated rings. The van der Waals surface area contributed by atoms with Crippen LogP contribution in [0.5, 0.6) is 0 Å². The van der Waals surface area contributed by atoms with Crippen LogP contribution < -0.4 is 29.6 Å². The Labute approximate surface area is 52.3 Å². The summed E-state index contributed by atoms with van der Waals surface area (Å²) >= 11 is 0. The molecule has 0 heterocycles. The molecule has 0 amide bonds. The van der Waals surface area contributed by atoms with Gasteiger partial charge in [0.05, 0.1) is 8.25 Å². The summed E-state index contributed by atoms with van der Waals surface area (Å²) in [4.78, 5) is 14.2. The molecule has 0 aliphatic heterocycles. The first-order valence-corrected chi connectivity index (χ1v) is 1.75. The predicted octanol–water partition coefficient (Wildman–Crippen LogP) is -3.37. The smallest absolute Gasteiger partial charge is 0.485 e. The monoisotopic (exact) mass is 104 g/mol. The third-order valence-electron chi connectivity index (χ3n) is 0. The van der Waals surface area contributed by atoms with Crippen molar-refractivity contribution in [3.8, 4) is 0 Å². The maximum absolute atomic E-state index is 8.70. The van der Waals surface area contributed by atoms with Gasteiger partial charge >= 0.3 is 29.6 Å². The van der Waals surface area contributed by atoms with Crippen LogP contribution in [0.15, 0.2) is 0 Å². The van der Waals surface area contributed by atoms with E-state index in [1.54, 1.807) is 0 Å². The van der Waals surface area contributed by atoms with E-state index in [-0.39, 0.29) is 29.6 Å². The number of rotatable bonds is 0.